The lowest BCUT2D eigenvalue weighted by atomic mass is 9.91. The fourth-order valence-electron chi connectivity index (χ4n) is 3.38. The molecule has 0 aromatic carbocycles. The lowest BCUT2D eigenvalue weighted by Crippen LogP contribution is -2.37. The molecule has 2 aliphatic rings. The normalized spacial score (nSPS) is 20.9. The zero-order chi connectivity index (χ0) is 17.9. The number of ether oxygens (including phenoxy) is 2. The van der Waals surface area contributed by atoms with Crippen molar-refractivity contribution in [2.24, 2.45) is 5.92 Å². The van der Waals surface area contributed by atoms with Gasteiger partial charge < -0.3 is 19.9 Å². The summed E-state index contributed by atoms with van der Waals surface area (Å²) in [6, 6.07) is 3.09. The number of aliphatic hydroxyl groups is 1. The molecular formula is C19H27FN2O3. The second-order valence-corrected chi connectivity index (χ2v) is 7.09. The minimum absolute atomic E-state index is 0.0152. The molecule has 1 fully saturated rings. The first kappa shape index (κ1) is 18.5. The molecule has 138 valence electrons. The zero-order valence-corrected chi connectivity index (χ0v) is 14.9. The Bertz CT molecular complexity index is 627. The maximum atomic E-state index is 14.2. The van der Waals surface area contributed by atoms with Gasteiger partial charge in [-0.15, -0.1) is 0 Å². The van der Waals surface area contributed by atoms with Crippen LogP contribution in [0.4, 0.5) is 4.39 Å². The van der Waals surface area contributed by atoms with Crippen LogP contribution in [0.1, 0.15) is 44.5 Å². The lowest BCUT2D eigenvalue weighted by molar-refractivity contribution is -0.158. The molecule has 1 aliphatic carbocycles. The Morgan fingerprint density at radius 2 is 2.08 bits per heavy atom. The highest BCUT2D eigenvalue weighted by atomic mass is 19.1. The molecule has 1 aliphatic heterocycles. The van der Waals surface area contributed by atoms with Crippen LogP contribution in [0.15, 0.2) is 18.2 Å². The number of halogens is 1. The van der Waals surface area contributed by atoms with Crippen LogP contribution >= 0.6 is 0 Å². The van der Waals surface area contributed by atoms with E-state index in [2.05, 4.69) is 16.4 Å². The first-order chi connectivity index (χ1) is 12.0. The predicted molar refractivity (Wildman–Crippen MR) is 93.2 cm³/mol. The molecule has 0 amide bonds. The summed E-state index contributed by atoms with van der Waals surface area (Å²) in [4.78, 5) is 4.52. The SMILES string of the molecule is CC(C)[C@H](CO)NCc1nc(C2=CCCC3(C2)OCCO3)ccc1F. The first-order valence-corrected chi connectivity index (χ1v) is 9.00. The number of pyridine rings is 1. The van der Waals surface area contributed by atoms with E-state index in [1.54, 1.807) is 6.07 Å². The maximum absolute atomic E-state index is 14.2. The molecular weight excluding hydrogens is 323 g/mol. The summed E-state index contributed by atoms with van der Waals surface area (Å²) in [6.45, 7) is 5.58. The maximum Gasteiger partial charge on any atom is 0.172 e. The van der Waals surface area contributed by atoms with Crippen LogP contribution in [0.5, 0.6) is 0 Å². The second kappa shape index (κ2) is 7.91. The van der Waals surface area contributed by atoms with E-state index in [4.69, 9.17) is 9.47 Å². The van der Waals surface area contributed by atoms with Gasteiger partial charge in [0.25, 0.3) is 0 Å². The van der Waals surface area contributed by atoms with Gasteiger partial charge in [-0.25, -0.2) is 9.37 Å². The summed E-state index contributed by atoms with van der Waals surface area (Å²) in [5.41, 5.74) is 2.17. The molecule has 1 spiro atoms. The van der Waals surface area contributed by atoms with Gasteiger partial charge >= 0.3 is 0 Å². The average Bonchev–Trinajstić information content (AvgIpc) is 3.04. The largest absolute Gasteiger partial charge is 0.395 e. The van der Waals surface area contributed by atoms with Crippen LogP contribution in [0, 0.1) is 11.7 Å². The van der Waals surface area contributed by atoms with Crippen molar-refractivity contribution in [2.75, 3.05) is 19.8 Å². The van der Waals surface area contributed by atoms with Gasteiger partial charge in [0, 0.05) is 25.4 Å². The van der Waals surface area contributed by atoms with Gasteiger partial charge in [-0.3, -0.25) is 0 Å². The van der Waals surface area contributed by atoms with E-state index in [1.807, 2.05) is 13.8 Å². The van der Waals surface area contributed by atoms with Crippen LogP contribution in [-0.4, -0.2) is 41.7 Å². The quantitative estimate of drug-likeness (QED) is 0.826. The molecule has 0 saturated carbocycles. The van der Waals surface area contributed by atoms with Crippen LogP contribution in [-0.2, 0) is 16.0 Å². The summed E-state index contributed by atoms with van der Waals surface area (Å²) in [5.74, 6) is -0.608. The molecule has 0 bridgehead atoms. The smallest absolute Gasteiger partial charge is 0.172 e. The van der Waals surface area contributed by atoms with Crippen molar-refractivity contribution >= 4 is 5.57 Å². The summed E-state index contributed by atoms with van der Waals surface area (Å²) in [5, 5.41) is 12.6. The lowest BCUT2D eigenvalue weighted by Gasteiger charge is -2.31. The van der Waals surface area contributed by atoms with Crippen molar-refractivity contribution in [2.45, 2.75) is 51.5 Å². The van der Waals surface area contributed by atoms with Crippen molar-refractivity contribution in [3.8, 4) is 0 Å². The van der Waals surface area contributed by atoms with Gasteiger partial charge in [0.2, 0.25) is 0 Å². The van der Waals surface area contributed by atoms with Crippen molar-refractivity contribution in [1.82, 2.24) is 10.3 Å². The number of nitrogens with one attached hydrogen (secondary N) is 1. The van der Waals surface area contributed by atoms with Gasteiger partial charge in [-0.05, 0) is 30.0 Å². The Morgan fingerprint density at radius 3 is 2.76 bits per heavy atom. The Hall–Kier alpha value is -1.34. The standard InChI is InChI=1S/C19H27FN2O3/c1-13(2)18(12-23)21-11-17-15(20)5-6-16(22-17)14-4-3-7-19(10-14)24-8-9-25-19/h4-6,13,18,21,23H,3,7-12H2,1-2H3/t18-/m0/s1. The topological polar surface area (TPSA) is 63.6 Å². The van der Waals surface area contributed by atoms with E-state index in [1.165, 1.54) is 6.07 Å². The highest BCUT2D eigenvalue weighted by molar-refractivity contribution is 5.64. The minimum atomic E-state index is -0.530. The minimum Gasteiger partial charge on any atom is -0.395 e. The van der Waals surface area contributed by atoms with E-state index < -0.39 is 5.79 Å². The van der Waals surface area contributed by atoms with Gasteiger partial charge in [0.15, 0.2) is 5.79 Å². The van der Waals surface area contributed by atoms with E-state index in [0.717, 1.165) is 24.1 Å². The monoisotopic (exact) mass is 350 g/mol. The molecule has 1 saturated heterocycles. The Morgan fingerprint density at radius 1 is 1.32 bits per heavy atom. The highest BCUT2D eigenvalue weighted by Crippen LogP contribution is 2.39. The summed E-state index contributed by atoms with van der Waals surface area (Å²) >= 11 is 0. The molecule has 0 radical (unpaired) electrons. The number of aromatic nitrogens is 1. The van der Waals surface area contributed by atoms with Crippen LogP contribution in [0.3, 0.4) is 0 Å². The van der Waals surface area contributed by atoms with Crippen molar-refractivity contribution < 1.29 is 19.0 Å². The summed E-state index contributed by atoms with van der Waals surface area (Å²) in [7, 11) is 0. The highest BCUT2D eigenvalue weighted by Gasteiger charge is 2.39. The zero-order valence-electron chi connectivity index (χ0n) is 14.9. The van der Waals surface area contributed by atoms with Gasteiger partial charge in [-0.2, -0.15) is 0 Å². The molecule has 5 nitrogen and oxygen atoms in total. The van der Waals surface area contributed by atoms with Gasteiger partial charge in [0.05, 0.1) is 31.2 Å². The molecule has 2 N–H and O–H groups in total. The average molecular weight is 350 g/mol. The third-order valence-corrected chi connectivity index (χ3v) is 4.97. The third-order valence-electron chi connectivity index (χ3n) is 4.97. The Kier molecular flexibility index (Phi) is 5.84. The van der Waals surface area contributed by atoms with Crippen LogP contribution < -0.4 is 5.32 Å². The third kappa shape index (κ3) is 4.26. The van der Waals surface area contributed by atoms with E-state index in [-0.39, 0.29) is 30.9 Å². The van der Waals surface area contributed by atoms with E-state index in [0.29, 0.717) is 25.3 Å². The fourth-order valence-corrected chi connectivity index (χ4v) is 3.38. The first-order valence-electron chi connectivity index (χ1n) is 9.00. The van der Waals surface area contributed by atoms with Crippen LogP contribution in [0.2, 0.25) is 0 Å². The number of hydrogen-bond acceptors (Lipinski definition) is 5. The van der Waals surface area contributed by atoms with Crippen molar-refractivity contribution in [3.05, 3.63) is 35.4 Å². The summed E-state index contributed by atoms with van der Waals surface area (Å²) < 4.78 is 25.8. The fraction of sp³-hybridized carbons (Fsp3) is 0.632. The summed E-state index contributed by atoms with van der Waals surface area (Å²) in [6.07, 6.45) is 4.49. The molecule has 3 rings (SSSR count). The van der Waals surface area contributed by atoms with Crippen molar-refractivity contribution in [1.29, 1.82) is 0 Å². The molecule has 2 heterocycles. The Labute approximate surface area is 148 Å². The number of rotatable bonds is 6. The number of allylic oxidation sites excluding steroid dienone is 1. The number of aliphatic hydroxyl groups excluding tert-OH is 1. The molecule has 1 aromatic heterocycles. The molecule has 0 unspecified atom stereocenters. The predicted octanol–water partition coefficient (Wildman–Crippen LogP) is 2.64. The van der Waals surface area contributed by atoms with Crippen LogP contribution in [0.25, 0.3) is 5.57 Å². The number of nitrogens with zero attached hydrogens (tertiary/aromatic N) is 1. The second-order valence-electron chi connectivity index (χ2n) is 7.09. The number of hydrogen-bond donors (Lipinski definition) is 2. The van der Waals surface area contributed by atoms with Gasteiger partial charge in [0.1, 0.15) is 5.82 Å². The molecule has 1 atom stereocenters. The van der Waals surface area contributed by atoms with Crippen molar-refractivity contribution in [3.63, 3.8) is 0 Å². The molecule has 6 heteroatoms. The molecule has 25 heavy (non-hydrogen) atoms. The van der Waals surface area contributed by atoms with Gasteiger partial charge in [-0.1, -0.05) is 19.9 Å². The van der Waals surface area contributed by atoms with E-state index >= 15 is 0 Å². The van der Waals surface area contributed by atoms with E-state index in [9.17, 15) is 9.50 Å². The Balaban J connectivity index is 1.74. The molecule has 1 aromatic rings.